The van der Waals surface area contributed by atoms with Gasteiger partial charge in [0.1, 0.15) is 12.1 Å². The van der Waals surface area contributed by atoms with E-state index in [0.29, 0.717) is 0 Å². The molecule has 0 bridgehead atoms. The second-order valence-electron chi connectivity index (χ2n) is 4.55. The number of hydrogen-bond donors (Lipinski definition) is 2. The molecule has 1 unspecified atom stereocenters. The molecule has 0 aliphatic heterocycles. The van der Waals surface area contributed by atoms with E-state index in [4.69, 9.17) is 5.73 Å². The molecular formula is C10H15F6N3O2. The van der Waals surface area contributed by atoms with E-state index in [1.165, 1.54) is 14.1 Å². The van der Waals surface area contributed by atoms with Crippen LogP contribution in [-0.2, 0) is 9.59 Å². The lowest BCUT2D eigenvalue weighted by Gasteiger charge is -2.28. The van der Waals surface area contributed by atoms with E-state index >= 15 is 0 Å². The molecule has 0 saturated heterocycles. The van der Waals surface area contributed by atoms with Crippen molar-refractivity contribution in [2.45, 2.75) is 31.4 Å². The summed E-state index contributed by atoms with van der Waals surface area (Å²) in [6, 6.07) is -4.21. The van der Waals surface area contributed by atoms with Gasteiger partial charge in [-0.1, -0.05) is 0 Å². The molecule has 0 rings (SSSR count). The second-order valence-corrected chi connectivity index (χ2v) is 4.55. The summed E-state index contributed by atoms with van der Waals surface area (Å²) >= 11 is 0. The quantitative estimate of drug-likeness (QED) is 0.746. The van der Waals surface area contributed by atoms with Gasteiger partial charge >= 0.3 is 12.4 Å². The summed E-state index contributed by atoms with van der Waals surface area (Å²) in [7, 11) is 2.61. The monoisotopic (exact) mass is 323 g/mol. The SMILES string of the molecule is C[C@H](NC(=O)C(N)C(C(F)(F)F)C(F)(F)F)C(=O)N(C)C. The third-order valence-electron chi connectivity index (χ3n) is 2.54. The lowest BCUT2D eigenvalue weighted by atomic mass is 9.98. The van der Waals surface area contributed by atoms with Crippen LogP contribution >= 0.6 is 0 Å². The minimum absolute atomic E-state index is 0.703. The normalized spacial score (nSPS) is 15.6. The van der Waals surface area contributed by atoms with Gasteiger partial charge in [0, 0.05) is 14.1 Å². The molecule has 2 atom stereocenters. The highest BCUT2D eigenvalue weighted by atomic mass is 19.4. The van der Waals surface area contributed by atoms with Gasteiger partial charge in [-0.05, 0) is 6.92 Å². The predicted octanol–water partition coefficient (Wildman–Crippen LogP) is 0.647. The molecule has 0 aromatic carbocycles. The van der Waals surface area contributed by atoms with Gasteiger partial charge < -0.3 is 16.0 Å². The first-order chi connectivity index (χ1) is 9.19. The highest BCUT2D eigenvalue weighted by Gasteiger charge is 2.61. The van der Waals surface area contributed by atoms with Crippen LogP contribution in [0.4, 0.5) is 26.3 Å². The van der Waals surface area contributed by atoms with Crippen LogP contribution in [0.15, 0.2) is 0 Å². The van der Waals surface area contributed by atoms with Crippen molar-refractivity contribution < 1.29 is 35.9 Å². The number of nitrogens with zero attached hydrogens (tertiary/aromatic N) is 1. The van der Waals surface area contributed by atoms with Crippen molar-refractivity contribution in [2.24, 2.45) is 11.7 Å². The van der Waals surface area contributed by atoms with E-state index in [1.54, 1.807) is 5.32 Å². The number of amides is 2. The molecule has 2 amide bonds. The lowest BCUT2D eigenvalue weighted by Crippen LogP contribution is -2.58. The molecular weight excluding hydrogens is 308 g/mol. The standard InChI is InChI=1S/C10H15F6N3O2/c1-4(8(21)19(2)3)18-7(20)5(17)6(9(11,12)13)10(14,15)16/h4-6H,17H2,1-3H3,(H,18,20)/t4-,5?/m0/s1. The van der Waals surface area contributed by atoms with E-state index in [2.05, 4.69) is 0 Å². The number of carbonyl (C=O) groups is 2. The molecule has 0 aromatic heterocycles. The summed E-state index contributed by atoms with van der Waals surface area (Å²) in [6.07, 6.45) is -11.5. The molecule has 0 aromatic rings. The van der Waals surface area contributed by atoms with Gasteiger partial charge in [-0.25, -0.2) is 0 Å². The summed E-state index contributed by atoms with van der Waals surface area (Å²) in [5.74, 6) is -6.42. The van der Waals surface area contributed by atoms with Gasteiger partial charge in [-0.2, -0.15) is 26.3 Å². The topological polar surface area (TPSA) is 75.4 Å². The Bertz CT molecular complexity index is 379. The smallest absolute Gasteiger partial charge is 0.347 e. The number of likely N-dealkylation sites (N-methyl/N-ethyl adjacent to an activating group) is 1. The number of rotatable bonds is 4. The van der Waals surface area contributed by atoms with Crippen molar-refractivity contribution in [2.75, 3.05) is 14.1 Å². The summed E-state index contributed by atoms with van der Waals surface area (Å²) in [5.41, 5.74) is 4.78. The maximum atomic E-state index is 12.4. The van der Waals surface area contributed by atoms with E-state index < -0.39 is 42.2 Å². The number of halogens is 6. The first-order valence-corrected chi connectivity index (χ1v) is 5.60. The van der Waals surface area contributed by atoms with Crippen molar-refractivity contribution in [3.63, 3.8) is 0 Å². The maximum absolute atomic E-state index is 12.4. The Balaban J connectivity index is 5.09. The largest absolute Gasteiger partial charge is 0.402 e. The molecule has 0 aliphatic rings. The zero-order valence-corrected chi connectivity index (χ0v) is 11.3. The van der Waals surface area contributed by atoms with Crippen LogP contribution in [0.3, 0.4) is 0 Å². The Labute approximate surface area is 116 Å². The van der Waals surface area contributed by atoms with Gasteiger partial charge in [-0.15, -0.1) is 0 Å². The predicted molar refractivity (Wildman–Crippen MR) is 59.9 cm³/mol. The fraction of sp³-hybridized carbons (Fsp3) is 0.800. The van der Waals surface area contributed by atoms with Gasteiger partial charge in [0.05, 0.1) is 0 Å². The van der Waals surface area contributed by atoms with E-state index in [-0.39, 0.29) is 0 Å². The van der Waals surface area contributed by atoms with Crippen LogP contribution in [0.1, 0.15) is 6.92 Å². The Morgan fingerprint density at radius 1 is 1.05 bits per heavy atom. The second kappa shape index (κ2) is 6.50. The molecule has 3 N–H and O–H groups in total. The van der Waals surface area contributed by atoms with Crippen LogP contribution in [0.5, 0.6) is 0 Å². The zero-order chi connectivity index (χ0) is 17.2. The van der Waals surface area contributed by atoms with Crippen molar-refractivity contribution in [3.05, 3.63) is 0 Å². The molecule has 0 heterocycles. The molecule has 124 valence electrons. The van der Waals surface area contributed by atoms with Crippen LogP contribution in [-0.4, -0.2) is 55.2 Å². The number of nitrogens with one attached hydrogen (secondary N) is 1. The molecule has 0 saturated carbocycles. The van der Waals surface area contributed by atoms with Crippen LogP contribution < -0.4 is 11.1 Å². The molecule has 0 radical (unpaired) electrons. The fourth-order valence-electron chi connectivity index (χ4n) is 1.50. The van der Waals surface area contributed by atoms with Crippen molar-refractivity contribution in [3.8, 4) is 0 Å². The third kappa shape index (κ3) is 5.40. The minimum atomic E-state index is -5.73. The lowest BCUT2D eigenvalue weighted by molar-refractivity contribution is -0.287. The molecule has 0 aliphatic carbocycles. The van der Waals surface area contributed by atoms with Crippen molar-refractivity contribution in [1.29, 1.82) is 0 Å². The molecule has 0 spiro atoms. The number of alkyl halides is 6. The Kier molecular flexibility index (Phi) is 6.03. The van der Waals surface area contributed by atoms with Gasteiger partial charge in [0.25, 0.3) is 0 Å². The van der Waals surface area contributed by atoms with E-state index in [9.17, 15) is 35.9 Å². The summed E-state index contributed by atoms with van der Waals surface area (Å²) < 4.78 is 74.4. The van der Waals surface area contributed by atoms with Gasteiger partial charge in [0.15, 0.2) is 5.92 Å². The Hall–Kier alpha value is -1.52. The average molecular weight is 323 g/mol. The molecule has 0 fully saturated rings. The highest BCUT2D eigenvalue weighted by molar-refractivity contribution is 5.89. The molecule has 21 heavy (non-hydrogen) atoms. The first kappa shape index (κ1) is 19.5. The minimum Gasteiger partial charge on any atom is -0.347 e. The third-order valence-corrected chi connectivity index (χ3v) is 2.54. The van der Waals surface area contributed by atoms with Crippen LogP contribution in [0.25, 0.3) is 0 Å². The maximum Gasteiger partial charge on any atom is 0.402 e. The average Bonchev–Trinajstić information content (AvgIpc) is 2.23. The summed E-state index contributed by atoms with van der Waals surface area (Å²) in [6.45, 7) is 1.11. The number of nitrogens with two attached hydrogens (primary N) is 1. The number of carbonyl (C=O) groups excluding carboxylic acids is 2. The summed E-state index contributed by atoms with van der Waals surface area (Å²) in [5, 5.41) is 1.73. The Morgan fingerprint density at radius 2 is 1.43 bits per heavy atom. The van der Waals surface area contributed by atoms with Crippen molar-refractivity contribution in [1.82, 2.24) is 10.2 Å². The molecule has 5 nitrogen and oxygen atoms in total. The first-order valence-electron chi connectivity index (χ1n) is 5.60. The van der Waals surface area contributed by atoms with Crippen molar-refractivity contribution >= 4 is 11.8 Å². The zero-order valence-electron chi connectivity index (χ0n) is 11.3. The van der Waals surface area contributed by atoms with Crippen LogP contribution in [0.2, 0.25) is 0 Å². The van der Waals surface area contributed by atoms with Gasteiger partial charge in [-0.3, -0.25) is 9.59 Å². The molecule has 11 heteroatoms. The van der Waals surface area contributed by atoms with Gasteiger partial charge in [0.2, 0.25) is 11.8 Å². The number of hydrogen-bond acceptors (Lipinski definition) is 3. The van der Waals surface area contributed by atoms with E-state index in [0.717, 1.165) is 11.8 Å². The highest BCUT2D eigenvalue weighted by Crippen LogP contribution is 2.40. The van der Waals surface area contributed by atoms with E-state index in [1.807, 2.05) is 0 Å². The summed E-state index contributed by atoms with van der Waals surface area (Å²) in [4.78, 5) is 23.8. The van der Waals surface area contributed by atoms with Crippen LogP contribution in [0, 0.1) is 5.92 Å². The Morgan fingerprint density at radius 3 is 1.71 bits per heavy atom. The fourth-order valence-corrected chi connectivity index (χ4v) is 1.50.